The van der Waals surface area contributed by atoms with Gasteiger partial charge in [-0.05, 0) is 35.9 Å². The fraction of sp³-hybridized carbons (Fsp3) is 0.318. The Bertz CT molecular complexity index is 1340. The summed E-state index contributed by atoms with van der Waals surface area (Å²) in [6.07, 6.45) is -10.2. The zero-order valence-corrected chi connectivity index (χ0v) is 21.8. The lowest BCUT2D eigenvalue weighted by atomic mass is 9.95. The largest absolute Gasteiger partial charge is 0.417 e. The Hall–Kier alpha value is -2.06. The molecule has 208 valence electrons. The van der Waals surface area contributed by atoms with Crippen molar-refractivity contribution in [1.29, 1.82) is 0 Å². The summed E-state index contributed by atoms with van der Waals surface area (Å²) in [6.45, 7) is -0.329. The lowest BCUT2D eigenvalue weighted by Gasteiger charge is -2.27. The second kappa shape index (κ2) is 11.2. The van der Waals surface area contributed by atoms with Crippen molar-refractivity contribution < 1.29 is 43.9 Å². The minimum Gasteiger partial charge on any atom is -0.285 e. The Labute approximate surface area is 227 Å². The molecule has 0 aliphatic carbocycles. The molecule has 5 nitrogen and oxygen atoms in total. The minimum atomic E-state index is -5.19. The third-order valence-corrected chi connectivity index (χ3v) is 8.29. The van der Waals surface area contributed by atoms with Crippen molar-refractivity contribution in [2.24, 2.45) is 0 Å². The van der Waals surface area contributed by atoms with E-state index in [-0.39, 0.29) is 51.8 Å². The lowest BCUT2D eigenvalue weighted by Crippen LogP contribution is -2.50. The molecule has 1 fully saturated rings. The molecule has 1 heterocycles. The van der Waals surface area contributed by atoms with E-state index >= 15 is 0 Å². The molecule has 1 aliphatic heterocycles. The predicted molar refractivity (Wildman–Crippen MR) is 128 cm³/mol. The molecule has 1 amide bonds. The quantitative estimate of drug-likeness (QED) is 0.296. The summed E-state index contributed by atoms with van der Waals surface area (Å²) in [5.41, 5.74) is -1.87. The van der Waals surface area contributed by atoms with Gasteiger partial charge in [0, 0.05) is 18.7 Å². The van der Waals surface area contributed by atoms with E-state index in [4.69, 9.17) is 34.8 Å². The molecule has 1 N–H and O–H groups in total. The Morgan fingerprint density at radius 3 is 2.03 bits per heavy atom. The fourth-order valence-corrected chi connectivity index (χ4v) is 5.34. The summed E-state index contributed by atoms with van der Waals surface area (Å²) in [4.78, 5) is 12.5. The van der Waals surface area contributed by atoms with Crippen molar-refractivity contribution in [1.82, 2.24) is 10.4 Å². The molecule has 0 radical (unpaired) electrons. The number of allylic oxidation sites excluding steroid dienone is 1. The number of carbonyl (C=O) groups excluding carboxylic acids is 1. The van der Waals surface area contributed by atoms with E-state index in [1.165, 1.54) is 0 Å². The number of alkyl halides is 6. The average molecular weight is 628 g/mol. The number of nitrogens with zero attached hydrogens (tertiary/aromatic N) is 1. The summed E-state index contributed by atoms with van der Waals surface area (Å²) in [5, 5.41) is 0.183. The highest BCUT2D eigenvalue weighted by Gasteiger charge is 2.41. The molecule has 3 rings (SSSR count). The highest BCUT2D eigenvalue weighted by atomic mass is 35.5. The minimum absolute atomic E-state index is 0.0549. The van der Waals surface area contributed by atoms with Crippen molar-refractivity contribution >= 4 is 56.4 Å². The highest BCUT2D eigenvalue weighted by Crippen LogP contribution is 2.42. The normalized spacial score (nSPS) is 17.8. The molecule has 2 aromatic rings. The van der Waals surface area contributed by atoms with Crippen LogP contribution in [0.2, 0.25) is 15.1 Å². The first-order valence-electron chi connectivity index (χ1n) is 10.5. The summed E-state index contributed by atoms with van der Waals surface area (Å²) in [5.74, 6) is -6.21. The van der Waals surface area contributed by atoms with Crippen LogP contribution in [0.1, 0.15) is 33.0 Å². The molecule has 16 heteroatoms. The van der Waals surface area contributed by atoms with E-state index in [2.05, 4.69) is 5.43 Å². The van der Waals surface area contributed by atoms with Gasteiger partial charge in [-0.25, -0.2) is 17.8 Å². The van der Waals surface area contributed by atoms with Gasteiger partial charge in [-0.1, -0.05) is 40.9 Å². The first-order chi connectivity index (χ1) is 17.4. The van der Waals surface area contributed by atoms with Crippen LogP contribution in [-0.4, -0.2) is 50.1 Å². The van der Waals surface area contributed by atoms with Gasteiger partial charge in [0.15, 0.2) is 9.84 Å². The number of sulfone groups is 1. The summed E-state index contributed by atoms with van der Waals surface area (Å²) >= 11 is 17.3. The van der Waals surface area contributed by atoms with E-state index in [0.29, 0.717) is 12.1 Å². The first kappa shape index (κ1) is 30.5. The third-order valence-electron chi connectivity index (χ3n) is 5.48. The molecular formula is C22H16Cl3F7N2O3S. The molecule has 0 bridgehead atoms. The van der Waals surface area contributed by atoms with Gasteiger partial charge in [-0.15, -0.1) is 0 Å². The molecule has 38 heavy (non-hydrogen) atoms. The van der Waals surface area contributed by atoms with Gasteiger partial charge >= 0.3 is 12.4 Å². The van der Waals surface area contributed by atoms with Gasteiger partial charge < -0.3 is 0 Å². The molecule has 0 spiro atoms. The molecule has 1 unspecified atom stereocenters. The second-order valence-corrected chi connectivity index (χ2v) is 11.7. The molecule has 1 atom stereocenters. The maximum atomic E-state index is 15.0. The Kier molecular flexibility index (Phi) is 8.99. The van der Waals surface area contributed by atoms with Gasteiger partial charge in [-0.2, -0.15) is 26.3 Å². The van der Waals surface area contributed by atoms with Gasteiger partial charge in [0.25, 0.3) is 5.91 Å². The van der Waals surface area contributed by atoms with Gasteiger partial charge in [0.2, 0.25) is 0 Å². The molecule has 1 saturated heterocycles. The van der Waals surface area contributed by atoms with Gasteiger partial charge in [0.05, 0.1) is 37.7 Å². The van der Waals surface area contributed by atoms with Crippen molar-refractivity contribution in [2.75, 3.05) is 24.6 Å². The van der Waals surface area contributed by atoms with Crippen LogP contribution in [0, 0.1) is 0 Å². The predicted octanol–water partition coefficient (Wildman–Crippen LogP) is 6.70. The molecular weight excluding hydrogens is 612 g/mol. The van der Waals surface area contributed by atoms with Crippen molar-refractivity contribution in [3.63, 3.8) is 0 Å². The summed E-state index contributed by atoms with van der Waals surface area (Å²) in [7, 11) is -3.33. The van der Waals surface area contributed by atoms with E-state index in [1.807, 2.05) is 0 Å². The van der Waals surface area contributed by atoms with E-state index in [9.17, 15) is 43.9 Å². The first-order valence-corrected chi connectivity index (χ1v) is 13.4. The maximum Gasteiger partial charge on any atom is 0.417 e. The van der Waals surface area contributed by atoms with Crippen LogP contribution < -0.4 is 5.43 Å². The van der Waals surface area contributed by atoms with E-state index < -0.39 is 62.1 Å². The highest BCUT2D eigenvalue weighted by molar-refractivity contribution is 7.91. The van der Waals surface area contributed by atoms with Crippen molar-refractivity contribution in [3.8, 4) is 0 Å². The molecule has 0 saturated carbocycles. The Morgan fingerprint density at radius 2 is 1.53 bits per heavy atom. The number of amides is 1. The van der Waals surface area contributed by atoms with Gasteiger partial charge in [-0.3, -0.25) is 10.2 Å². The van der Waals surface area contributed by atoms with Crippen molar-refractivity contribution in [2.45, 2.75) is 18.3 Å². The standard InChI is InChI=1S/C22H16Cl3F7N2O3S/c23-16-8-12(9-17(24)19(16)25)14(21(27,28)29)10-18(26)11-1-2-13(15(7-11)22(30,31)32)20(35)33-34-3-5-38(36,37)6-4-34/h1-2,7-10,14H,3-6H2,(H,33,35). The smallest absolute Gasteiger partial charge is 0.285 e. The second-order valence-electron chi connectivity index (χ2n) is 8.17. The third kappa shape index (κ3) is 7.32. The van der Waals surface area contributed by atoms with E-state index in [1.54, 1.807) is 0 Å². The summed E-state index contributed by atoms with van der Waals surface area (Å²) < 4.78 is 120. The number of halogens is 10. The monoisotopic (exact) mass is 626 g/mol. The zero-order valence-electron chi connectivity index (χ0n) is 18.7. The van der Waals surface area contributed by atoms with Crippen LogP contribution in [0.4, 0.5) is 30.7 Å². The number of benzene rings is 2. The lowest BCUT2D eigenvalue weighted by molar-refractivity contribution is -0.140. The van der Waals surface area contributed by atoms with Crippen LogP contribution in [0.25, 0.3) is 5.83 Å². The number of hydrazine groups is 1. The number of rotatable bonds is 5. The van der Waals surface area contributed by atoms with Crippen LogP contribution in [-0.2, 0) is 16.0 Å². The molecule has 2 aromatic carbocycles. The average Bonchev–Trinajstić information content (AvgIpc) is 2.80. The van der Waals surface area contributed by atoms with Crippen LogP contribution in [0.5, 0.6) is 0 Å². The van der Waals surface area contributed by atoms with Crippen LogP contribution >= 0.6 is 34.8 Å². The van der Waals surface area contributed by atoms with Gasteiger partial charge in [0.1, 0.15) is 11.7 Å². The number of carbonyl (C=O) groups is 1. The number of hydrogen-bond acceptors (Lipinski definition) is 4. The molecule has 0 aromatic heterocycles. The van der Waals surface area contributed by atoms with Crippen LogP contribution in [0.15, 0.2) is 36.4 Å². The topological polar surface area (TPSA) is 66.5 Å². The summed E-state index contributed by atoms with van der Waals surface area (Å²) in [6, 6.07) is 3.14. The fourth-order valence-electron chi connectivity index (χ4n) is 3.53. The SMILES string of the molecule is O=C(NN1CCS(=O)(=O)CC1)c1ccc(C(F)=CC(c2cc(Cl)c(Cl)c(Cl)c2)C(F)(F)F)cc1C(F)(F)F. The van der Waals surface area contributed by atoms with Crippen LogP contribution in [0.3, 0.4) is 0 Å². The Morgan fingerprint density at radius 1 is 0.974 bits per heavy atom. The number of nitrogens with one attached hydrogen (secondary N) is 1. The molecule has 1 aliphatic rings. The number of hydrogen-bond donors (Lipinski definition) is 1. The Balaban J connectivity index is 1.97. The van der Waals surface area contributed by atoms with Crippen molar-refractivity contribution in [3.05, 3.63) is 73.7 Å². The maximum absolute atomic E-state index is 15.0. The zero-order chi connectivity index (χ0) is 28.6. The van der Waals surface area contributed by atoms with E-state index in [0.717, 1.165) is 17.1 Å².